The zero-order chi connectivity index (χ0) is 19.9. The molecule has 0 aromatic rings. The van der Waals surface area contributed by atoms with Crippen molar-refractivity contribution in [2.75, 3.05) is 13.3 Å². The van der Waals surface area contributed by atoms with Crippen molar-refractivity contribution in [1.29, 1.82) is 0 Å². The topological polar surface area (TPSA) is 18.5 Å². The molecule has 0 aromatic heterocycles. The van der Waals surface area contributed by atoms with Gasteiger partial charge in [0.25, 0.3) is 0 Å². The molecule has 0 radical (unpaired) electrons. The zero-order valence-electron chi connectivity index (χ0n) is 11.2. The third-order valence-electron chi connectivity index (χ3n) is 3.07. The molecule has 0 saturated carbocycles. The predicted molar refractivity (Wildman–Crippen MR) is 56.5 cm³/mol. The van der Waals surface area contributed by atoms with Crippen LogP contribution in [0.5, 0.6) is 0 Å². The maximum atomic E-state index is 13.1. The van der Waals surface area contributed by atoms with Crippen molar-refractivity contribution in [3.8, 4) is 0 Å². The molecule has 16 heteroatoms. The summed E-state index contributed by atoms with van der Waals surface area (Å²) in [6.45, 7) is -0.624. The Balaban J connectivity index is 3.97. The SMILES string of the molecule is CP1(C)(Cl)OC(C(F)(F)F)(C(F)(F)F)OC1(C(F)(F)F)C(F)(F)F. The summed E-state index contributed by atoms with van der Waals surface area (Å²) in [6, 6.07) is 0. The molecule has 0 spiro atoms. The molecule has 0 N–H and O–H groups in total. The van der Waals surface area contributed by atoms with Gasteiger partial charge in [0.2, 0.25) is 0 Å². The molecule has 1 fully saturated rings. The Morgan fingerprint density at radius 2 is 0.958 bits per heavy atom. The van der Waals surface area contributed by atoms with E-state index in [1.807, 2.05) is 0 Å². The van der Waals surface area contributed by atoms with E-state index in [0.717, 1.165) is 0 Å². The summed E-state index contributed by atoms with van der Waals surface area (Å²) >= 11 is 5.05. The summed E-state index contributed by atoms with van der Waals surface area (Å²) in [4.78, 5) is 0. The summed E-state index contributed by atoms with van der Waals surface area (Å²) in [5, 5.41) is -6.02. The van der Waals surface area contributed by atoms with Gasteiger partial charge >= 0.3 is 129 Å². The molecule has 1 aliphatic heterocycles. The molecule has 1 heterocycles. The van der Waals surface area contributed by atoms with Crippen molar-refractivity contribution in [1.82, 2.24) is 0 Å². The number of hydrogen-bond donors (Lipinski definition) is 0. The quantitative estimate of drug-likeness (QED) is 0.372. The van der Waals surface area contributed by atoms with Crippen LogP contribution < -0.4 is 0 Å². The minimum absolute atomic E-state index is 0.312. The molecule has 0 aromatic carbocycles. The summed E-state index contributed by atoms with van der Waals surface area (Å²) in [5.74, 6) is -6.20. The number of alkyl halides is 12. The molecule has 2 nitrogen and oxygen atoms in total. The fourth-order valence-corrected chi connectivity index (χ4v) is 6.03. The standard InChI is InChI=1S/C8H6ClF12O2P/c1-24(2,9)4(7(16,17)18,8(19,20)21)22-3(23-24,5(10,11)12)6(13,14)15/h1-2H3. The van der Waals surface area contributed by atoms with Gasteiger partial charge in [0, 0.05) is 0 Å². The van der Waals surface area contributed by atoms with Crippen LogP contribution in [-0.4, -0.2) is 49.2 Å². The molecular weight excluding hydrogens is 422 g/mol. The second kappa shape index (κ2) is 4.74. The van der Waals surface area contributed by atoms with Crippen LogP contribution in [-0.2, 0) is 9.26 Å². The van der Waals surface area contributed by atoms with Crippen LogP contribution >= 0.6 is 17.4 Å². The van der Waals surface area contributed by atoms with Gasteiger partial charge in [-0.2, -0.15) is 0 Å². The number of ether oxygens (including phenoxy) is 1. The first-order valence-corrected chi connectivity index (χ1v) is 9.30. The molecule has 0 bridgehead atoms. The Kier molecular flexibility index (Phi) is 4.32. The Hall–Kier alpha value is -0.200. The Labute approximate surface area is 129 Å². The summed E-state index contributed by atoms with van der Waals surface area (Å²) < 4.78 is 161. The maximum absolute atomic E-state index is 13.1. The fraction of sp³-hybridized carbons (Fsp3) is 1.00. The summed E-state index contributed by atoms with van der Waals surface area (Å²) in [5.41, 5.74) is 0. The minimum atomic E-state index is -6.88. The Morgan fingerprint density at radius 3 is 1.08 bits per heavy atom. The van der Waals surface area contributed by atoms with Crippen LogP contribution in [0.4, 0.5) is 52.7 Å². The van der Waals surface area contributed by atoms with E-state index < -0.39 is 42.0 Å². The molecular formula is C8H6ClF12O2P. The fourth-order valence-electron chi connectivity index (χ4n) is 2.15. The molecule has 1 saturated heterocycles. The van der Waals surface area contributed by atoms with Crippen molar-refractivity contribution < 1.29 is 61.9 Å². The molecule has 1 aliphatic rings. The number of halogens is 13. The van der Waals surface area contributed by atoms with Gasteiger partial charge in [0.15, 0.2) is 0 Å². The predicted octanol–water partition coefficient (Wildman–Crippen LogP) is 5.56. The molecule has 0 amide bonds. The Bertz CT molecular complexity index is 493. The number of hydrogen-bond acceptors (Lipinski definition) is 2. The van der Waals surface area contributed by atoms with E-state index in [2.05, 4.69) is 9.26 Å². The van der Waals surface area contributed by atoms with Gasteiger partial charge in [-0.25, -0.2) is 0 Å². The van der Waals surface area contributed by atoms with Crippen molar-refractivity contribution in [3.05, 3.63) is 0 Å². The average molecular weight is 429 g/mol. The van der Waals surface area contributed by atoms with Crippen LogP contribution in [0.3, 0.4) is 0 Å². The van der Waals surface area contributed by atoms with Gasteiger partial charge in [-0.15, -0.1) is 0 Å². The van der Waals surface area contributed by atoms with Crippen LogP contribution in [0.2, 0.25) is 0 Å². The van der Waals surface area contributed by atoms with Crippen LogP contribution in [0.1, 0.15) is 0 Å². The molecule has 146 valence electrons. The van der Waals surface area contributed by atoms with Gasteiger partial charge in [-0.3, -0.25) is 0 Å². The molecule has 1 rings (SSSR count). The van der Waals surface area contributed by atoms with Gasteiger partial charge in [-0.05, 0) is 0 Å². The van der Waals surface area contributed by atoms with E-state index in [1.165, 1.54) is 0 Å². The molecule has 24 heavy (non-hydrogen) atoms. The zero-order valence-corrected chi connectivity index (χ0v) is 12.8. The summed E-state index contributed by atoms with van der Waals surface area (Å²) in [7, 11) is 0. The second-order valence-electron chi connectivity index (χ2n) is 5.29. The monoisotopic (exact) mass is 428 g/mol. The van der Waals surface area contributed by atoms with Gasteiger partial charge < -0.3 is 0 Å². The molecule has 0 aliphatic carbocycles. The first kappa shape index (κ1) is 21.8. The first-order valence-electron chi connectivity index (χ1n) is 5.35. The second-order valence-corrected chi connectivity index (χ2v) is 12.7. The van der Waals surface area contributed by atoms with E-state index in [9.17, 15) is 52.7 Å². The van der Waals surface area contributed by atoms with Crippen molar-refractivity contribution in [3.63, 3.8) is 0 Å². The van der Waals surface area contributed by atoms with Crippen LogP contribution in [0.15, 0.2) is 0 Å². The van der Waals surface area contributed by atoms with Crippen molar-refractivity contribution >= 4 is 17.4 Å². The van der Waals surface area contributed by atoms with Crippen LogP contribution in [0.25, 0.3) is 0 Å². The van der Waals surface area contributed by atoms with E-state index in [0.29, 0.717) is 0 Å². The average Bonchev–Trinajstić information content (AvgIpc) is 2.39. The van der Waals surface area contributed by atoms with Crippen molar-refractivity contribution in [2.24, 2.45) is 0 Å². The third kappa shape index (κ3) is 2.55. The first-order chi connectivity index (χ1) is 9.94. The van der Waals surface area contributed by atoms with Gasteiger partial charge in [-0.1, -0.05) is 0 Å². The van der Waals surface area contributed by atoms with Crippen LogP contribution in [0, 0.1) is 0 Å². The van der Waals surface area contributed by atoms with E-state index in [4.69, 9.17) is 11.2 Å². The normalized spacial score (nSPS) is 28.2. The van der Waals surface area contributed by atoms with Crippen molar-refractivity contribution in [2.45, 2.75) is 35.8 Å². The molecule has 0 unspecified atom stereocenters. The summed E-state index contributed by atoms with van der Waals surface area (Å²) in [6.07, 6.45) is -34.2. The van der Waals surface area contributed by atoms with Gasteiger partial charge in [0.05, 0.1) is 0 Å². The third-order valence-corrected chi connectivity index (χ3v) is 7.13. The number of rotatable bonds is 0. The Morgan fingerprint density at radius 1 is 0.667 bits per heavy atom. The van der Waals surface area contributed by atoms with E-state index in [1.54, 1.807) is 0 Å². The van der Waals surface area contributed by atoms with E-state index in [-0.39, 0.29) is 13.3 Å². The van der Waals surface area contributed by atoms with E-state index >= 15 is 0 Å². The molecule has 0 atom stereocenters. The van der Waals surface area contributed by atoms with Gasteiger partial charge in [0.1, 0.15) is 0 Å².